The Morgan fingerprint density at radius 3 is 2.08 bits per heavy atom. The summed E-state index contributed by atoms with van der Waals surface area (Å²) in [7, 11) is -1.64. The maximum atomic E-state index is 12.5. The third kappa shape index (κ3) is 6.55. The number of rotatable bonds is 9. The van der Waals surface area contributed by atoms with Crippen LogP contribution in [0.5, 0.6) is 0 Å². The highest BCUT2D eigenvalue weighted by Crippen LogP contribution is 2.05. The molecule has 0 heterocycles. The van der Waals surface area contributed by atoms with E-state index in [1.807, 2.05) is 60.7 Å². The molecule has 2 aromatic rings. The summed E-state index contributed by atoms with van der Waals surface area (Å²) in [5.41, 5.74) is 1.98. The third-order valence-electron chi connectivity index (χ3n) is 3.88. The molecule has 7 heteroatoms. The van der Waals surface area contributed by atoms with Gasteiger partial charge in [0.15, 0.2) is 0 Å². The van der Waals surface area contributed by atoms with Crippen LogP contribution >= 0.6 is 12.6 Å². The van der Waals surface area contributed by atoms with E-state index in [4.69, 9.17) is 0 Å². The third-order valence-corrected chi connectivity index (χ3v) is 4.25. The molecule has 0 spiro atoms. The Hall–Kier alpha value is -1.80. The van der Waals surface area contributed by atoms with Gasteiger partial charge in [0.25, 0.3) is 0 Å². The van der Waals surface area contributed by atoms with E-state index in [2.05, 4.69) is 23.3 Å². The van der Waals surface area contributed by atoms with Crippen LogP contribution in [0.25, 0.3) is 0 Å². The van der Waals surface area contributed by atoms with Gasteiger partial charge >= 0.3 is 7.12 Å². The normalized spacial score (nSPS) is 13.1. The molecule has 2 rings (SSSR count). The van der Waals surface area contributed by atoms with E-state index in [0.717, 1.165) is 11.1 Å². The first-order valence-electron chi connectivity index (χ1n) is 8.18. The van der Waals surface area contributed by atoms with E-state index in [9.17, 15) is 14.8 Å². The zero-order valence-electron chi connectivity index (χ0n) is 13.9. The van der Waals surface area contributed by atoms with Gasteiger partial charge < -0.3 is 20.7 Å². The Bertz CT molecular complexity index is 643. The Kier molecular flexibility index (Phi) is 8.01. The van der Waals surface area contributed by atoms with Crippen molar-refractivity contribution < 1.29 is 14.8 Å². The Labute approximate surface area is 154 Å². The number of thiol groups is 1. The summed E-state index contributed by atoms with van der Waals surface area (Å²) in [6, 6.07) is 18.6. The maximum absolute atomic E-state index is 12.5. The zero-order valence-corrected chi connectivity index (χ0v) is 14.8. The van der Waals surface area contributed by atoms with Crippen molar-refractivity contribution in [1.29, 1.82) is 0 Å². The summed E-state index contributed by atoms with van der Waals surface area (Å²) in [4.78, 5) is 12.5. The van der Waals surface area contributed by atoms with Crippen molar-refractivity contribution in [3.63, 3.8) is 0 Å². The number of carbonyl (C=O) groups is 1. The predicted octanol–water partition coefficient (Wildman–Crippen LogP) is 0.814. The fraction of sp³-hybridized carbons (Fsp3) is 0.278. The molecule has 4 N–H and O–H groups in total. The van der Waals surface area contributed by atoms with Crippen molar-refractivity contribution in [2.24, 2.45) is 0 Å². The Morgan fingerprint density at radius 2 is 1.56 bits per heavy atom. The minimum absolute atomic E-state index is 0.304. The highest BCUT2D eigenvalue weighted by molar-refractivity contribution is 7.80. The smallest absolute Gasteiger partial charge is 0.426 e. The number of carbonyl (C=O) groups excluding carboxylic acids is 1. The van der Waals surface area contributed by atoms with Gasteiger partial charge in [0.05, 0.1) is 12.0 Å². The minimum atomic E-state index is -1.64. The van der Waals surface area contributed by atoms with Crippen molar-refractivity contribution in [2.45, 2.75) is 24.9 Å². The molecule has 0 unspecified atom stereocenters. The molecule has 0 aliphatic heterocycles. The molecule has 1 amide bonds. The second-order valence-electron chi connectivity index (χ2n) is 5.82. The van der Waals surface area contributed by atoms with Gasteiger partial charge in [-0.1, -0.05) is 60.7 Å². The van der Waals surface area contributed by atoms with Gasteiger partial charge in [-0.15, -0.1) is 0 Å². The summed E-state index contributed by atoms with van der Waals surface area (Å²) >= 11 is 4.23. The minimum Gasteiger partial charge on any atom is -0.426 e. The standard InChI is InChI=1S/C18H23BN2O3S/c22-18(16(13-25)20-12-15-9-5-2-6-10-15)21-17(19(23)24)11-14-7-3-1-4-8-14/h1-10,16-17,20,23-25H,11-13H2,(H,21,22)/t16-,17+/m1/s1. The first-order chi connectivity index (χ1) is 12.1. The first kappa shape index (κ1) is 19.5. The lowest BCUT2D eigenvalue weighted by Gasteiger charge is -2.22. The molecular formula is C18H23BN2O3S. The molecule has 0 aliphatic rings. The topological polar surface area (TPSA) is 81.6 Å². The van der Waals surface area contributed by atoms with Crippen LogP contribution in [0.3, 0.4) is 0 Å². The van der Waals surface area contributed by atoms with E-state index in [-0.39, 0.29) is 5.91 Å². The van der Waals surface area contributed by atoms with Gasteiger partial charge in [0.2, 0.25) is 5.91 Å². The average molecular weight is 358 g/mol. The molecule has 0 aliphatic carbocycles. The number of hydrogen-bond donors (Lipinski definition) is 5. The van der Waals surface area contributed by atoms with E-state index < -0.39 is 19.1 Å². The summed E-state index contributed by atoms with van der Waals surface area (Å²) in [5, 5.41) is 25.0. The molecule has 0 radical (unpaired) electrons. The van der Waals surface area contributed by atoms with Crippen LogP contribution in [-0.4, -0.2) is 40.8 Å². The molecule has 2 aromatic carbocycles. The van der Waals surface area contributed by atoms with Gasteiger partial charge in [0.1, 0.15) is 0 Å². The Balaban J connectivity index is 1.93. The molecule has 0 bridgehead atoms. The Morgan fingerprint density at radius 1 is 1.00 bits per heavy atom. The van der Waals surface area contributed by atoms with Gasteiger partial charge in [-0.25, -0.2) is 0 Å². The lowest BCUT2D eigenvalue weighted by atomic mass is 9.76. The molecule has 0 fully saturated rings. The van der Waals surface area contributed by atoms with Crippen molar-refractivity contribution >= 4 is 25.7 Å². The number of amides is 1. The van der Waals surface area contributed by atoms with Crippen molar-refractivity contribution in [3.05, 3.63) is 71.8 Å². The largest absolute Gasteiger partial charge is 0.475 e. The van der Waals surface area contributed by atoms with Crippen LogP contribution in [0.4, 0.5) is 0 Å². The van der Waals surface area contributed by atoms with Crippen LogP contribution in [-0.2, 0) is 17.8 Å². The van der Waals surface area contributed by atoms with E-state index in [1.165, 1.54) is 0 Å². The van der Waals surface area contributed by atoms with Gasteiger partial charge in [-0.3, -0.25) is 4.79 Å². The molecule has 0 saturated heterocycles. The molecular weight excluding hydrogens is 335 g/mol. The van der Waals surface area contributed by atoms with Gasteiger partial charge in [-0.05, 0) is 17.5 Å². The predicted molar refractivity (Wildman–Crippen MR) is 103 cm³/mol. The fourth-order valence-electron chi connectivity index (χ4n) is 2.46. The zero-order chi connectivity index (χ0) is 18.1. The van der Waals surface area contributed by atoms with Gasteiger partial charge in [-0.2, -0.15) is 12.6 Å². The highest BCUT2D eigenvalue weighted by atomic mass is 32.1. The summed E-state index contributed by atoms with van der Waals surface area (Å²) in [6.07, 6.45) is 0.336. The lowest BCUT2D eigenvalue weighted by molar-refractivity contribution is -0.123. The highest BCUT2D eigenvalue weighted by Gasteiger charge is 2.28. The number of benzene rings is 2. The number of hydrogen-bond acceptors (Lipinski definition) is 5. The molecule has 0 saturated carbocycles. The van der Waals surface area contributed by atoms with E-state index >= 15 is 0 Å². The molecule has 25 heavy (non-hydrogen) atoms. The molecule has 5 nitrogen and oxygen atoms in total. The van der Waals surface area contributed by atoms with Crippen molar-refractivity contribution in [2.75, 3.05) is 5.75 Å². The second-order valence-corrected chi connectivity index (χ2v) is 6.19. The summed E-state index contributed by atoms with van der Waals surface area (Å²) in [5.74, 6) is -0.783. The van der Waals surface area contributed by atoms with Gasteiger partial charge in [0, 0.05) is 12.3 Å². The van der Waals surface area contributed by atoms with E-state index in [1.54, 1.807) is 0 Å². The van der Waals surface area contributed by atoms with E-state index in [0.29, 0.717) is 18.7 Å². The SMILES string of the molecule is O=C(N[C@@H](Cc1ccccc1)B(O)O)[C@@H](CS)NCc1ccccc1. The van der Waals surface area contributed by atoms with Crippen LogP contribution < -0.4 is 10.6 Å². The van der Waals surface area contributed by atoms with Crippen molar-refractivity contribution in [1.82, 2.24) is 10.6 Å². The maximum Gasteiger partial charge on any atom is 0.475 e. The quantitative estimate of drug-likeness (QED) is 0.340. The monoisotopic (exact) mass is 358 g/mol. The fourth-order valence-corrected chi connectivity index (χ4v) is 2.75. The second kappa shape index (κ2) is 10.3. The summed E-state index contributed by atoms with van der Waals surface area (Å²) in [6.45, 7) is 0.532. The summed E-state index contributed by atoms with van der Waals surface area (Å²) < 4.78 is 0. The van der Waals surface area contributed by atoms with Crippen LogP contribution in [0.1, 0.15) is 11.1 Å². The van der Waals surface area contributed by atoms with Crippen LogP contribution in [0.2, 0.25) is 0 Å². The van der Waals surface area contributed by atoms with Crippen molar-refractivity contribution in [3.8, 4) is 0 Å². The number of nitrogens with one attached hydrogen (secondary N) is 2. The lowest BCUT2D eigenvalue weighted by Crippen LogP contribution is -2.54. The van der Waals surface area contributed by atoms with Crippen LogP contribution in [0.15, 0.2) is 60.7 Å². The molecule has 132 valence electrons. The molecule has 0 aromatic heterocycles. The van der Waals surface area contributed by atoms with Crippen LogP contribution in [0, 0.1) is 0 Å². The average Bonchev–Trinajstić information content (AvgIpc) is 2.63. The molecule has 2 atom stereocenters. The first-order valence-corrected chi connectivity index (χ1v) is 8.82.